The maximum absolute atomic E-state index is 12.7. The summed E-state index contributed by atoms with van der Waals surface area (Å²) in [5.41, 5.74) is 1.61. The fourth-order valence-electron chi connectivity index (χ4n) is 3.38. The highest BCUT2D eigenvalue weighted by Gasteiger charge is 2.38. The van der Waals surface area contributed by atoms with Crippen molar-refractivity contribution in [3.8, 4) is 0 Å². The molecule has 116 valence electrons. The molecule has 7 heteroatoms. The highest BCUT2D eigenvalue weighted by Crippen LogP contribution is 2.31. The molecule has 1 amide bonds. The highest BCUT2D eigenvalue weighted by molar-refractivity contribution is 5.95. The Morgan fingerprint density at radius 3 is 3.05 bits per heavy atom. The second kappa shape index (κ2) is 4.95. The van der Waals surface area contributed by atoms with Crippen molar-refractivity contribution < 1.29 is 13.9 Å². The Morgan fingerprint density at radius 1 is 1.41 bits per heavy atom. The number of amides is 1. The molecule has 1 fully saturated rings. The Bertz CT molecular complexity index is 720. The first kappa shape index (κ1) is 13.5. The van der Waals surface area contributed by atoms with E-state index in [-0.39, 0.29) is 18.1 Å². The number of nitrogens with zero attached hydrogens (tertiary/aromatic N) is 4. The standard InChI is InChI=1S/C15H18N4O3/c1-9-5-12(10(2)22-9)15(20)18-4-3-14-13(7-18)19-11(8-21-14)6-16-17-19/h5-6,13-14H,3-4,7-8H2,1-2H3/t13-,14-/m1/s1. The Balaban J connectivity index is 1.59. The summed E-state index contributed by atoms with van der Waals surface area (Å²) < 4.78 is 13.3. The minimum atomic E-state index is 0.0139. The van der Waals surface area contributed by atoms with Crippen LogP contribution in [0.2, 0.25) is 0 Å². The quantitative estimate of drug-likeness (QED) is 0.797. The minimum absolute atomic E-state index is 0.0139. The zero-order valence-electron chi connectivity index (χ0n) is 12.7. The maximum Gasteiger partial charge on any atom is 0.257 e. The second-order valence-corrected chi connectivity index (χ2v) is 5.95. The lowest BCUT2D eigenvalue weighted by atomic mass is 9.99. The largest absolute Gasteiger partial charge is 0.466 e. The van der Waals surface area contributed by atoms with Gasteiger partial charge >= 0.3 is 0 Å². The molecule has 0 unspecified atom stereocenters. The van der Waals surface area contributed by atoms with Crippen molar-refractivity contribution in [1.82, 2.24) is 19.9 Å². The third kappa shape index (κ3) is 2.04. The molecule has 0 N–H and O–H groups in total. The number of furan rings is 1. The molecule has 0 bridgehead atoms. The summed E-state index contributed by atoms with van der Waals surface area (Å²) in [5.74, 6) is 1.45. The van der Waals surface area contributed by atoms with Crippen molar-refractivity contribution in [2.45, 2.75) is 39.0 Å². The summed E-state index contributed by atoms with van der Waals surface area (Å²) in [5, 5.41) is 8.11. The zero-order valence-corrected chi connectivity index (χ0v) is 12.7. The molecular formula is C15H18N4O3. The van der Waals surface area contributed by atoms with Crippen molar-refractivity contribution >= 4 is 5.91 Å². The van der Waals surface area contributed by atoms with Crippen LogP contribution in [0.25, 0.3) is 0 Å². The molecule has 22 heavy (non-hydrogen) atoms. The van der Waals surface area contributed by atoms with Gasteiger partial charge in [-0.05, 0) is 26.3 Å². The van der Waals surface area contributed by atoms with E-state index in [1.54, 1.807) is 6.20 Å². The molecule has 2 aromatic heterocycles. The summed E-state index contributed by atoms with van der Waals surface area (Å²) in [6.07, 6.45) is 2.64. The van der Waals surface area contributed by atoms with E-state index in [9.17, 15) is 4.79 Å². The molecule has 2 atom stereocenters. The van der Waals surface area contributed by atoms with E-state index >= 15 is 0 Å². The molecule has 4 rings (SSSR count). The predicted molar refractivity (Wildman–Crippen MR) is 76.3 cm³/mol. The van der Waals surface area contributed by atoms with Gasteiger partial charge in [0.25, 0.3) is 5.91 Å². The smallest absolute Gasteiger partial charge is 0.257 e. The zero-order chi connectivity index (χ0) is 15.3. The number of rotatable bonds is 1. The topological polar surface area (TPSA) is 73.4 Å². The van der Waals surface area contributed by atoms with Crippen LogP contribution in [0.1, 0.15) is 40.0 Å². The van der Waals surface area contributed by atoms with E-state index < -0.39 is 0 Å². The Labute approximate surface area is 127 Å². The number of hydrogen-bond donors (Lipinski definition) is 0. The van der Waals surface area contributed by atoms with E-state index in [2.05, 4.69) is 10.3 Å². The van der Waals surface area contributed by atoms with E-state index in [0.717, 1.165) is 17.9 Å². The lowest BCUT2D eigenvalue weighted by Gasteiger charge is -2.40. The third-order valence-corrected chi connectivity index (χ3v) is 4.49. The number of piperidine rings is 1. The van der Waals surface area contributed by atoms with Crippen molar-refractivity contribution in [2.75, 3.05) is 13.1 Å². The number of ether oxygens (including phenoxy) is 1. The average Bonchev–Trinajstić information content (AvgIpc) is 3.12. The first-order valence-corrected chi connectivity index (χ1v) is 7.50. The van der Waals surface area contributed by atoms with Crippen LogP contribution in [-0.2, 0) is 11.3 Å². The van der Waals surface area contributed by atoms with Crippen molar-refractivity contribution in [1.29, 1.82) is 0 Å². The number of carbonyl (C=O) groups is 1. The molecule has 4 heterocycles. The molecule has 2 aliphatic heterocycles. The summed E-state index contributed by atoms with van der Waals surface area (Å²) in [4.78, 5) is 14.6. The number of likely N-dealkylation sites (tertiary alicyclic amines) is 1. The molecule has 2 aromatic rings. The van der Waals surface area contributed by atoms with Gasteiger partial charge in [-0.3, -0.25) is 4.79 Å². The summed E-state index contributed by atoms with van der Waals surface area (Å²) in [7, 11) is 0. The summed E-state index contributed by atoms with van der Waals surface area (Å²) >= 11 is 0. The van der Waals surface area contributed by atoms with E-state index in [4.69, 9.17) is 9.15 Å². The Morgan fingerprint density at radius 2 is 2.27 bits per heavy atom. The first-order chi connectivity index (χ1) is 10.6. The van der Waals surface area contributed by atoms with Crippen LogP contribution >= 0.6 is 0 Å². The first-order valence-electron chi connectivity index (χ1n) is 7.50. The number of aryl methyl sites for hydroxylation is 2. The number of carbonyl (C=O) groups excluding carboxylic acids is 1. The summed E-state index contributed by atoms with van der Waals surface area (Å²) in [6.45, 7) is 5.50. The SMILES string of the molecule is Cc1cc(C(=O)N2CC[C@H]3OCc4cnnn4[C@@H]3C2)c(C)o1. The fraction of sp³-hybridized carbons (Fsp3) is 0.533. The number of fused-ring (bicyclic) bond motifs is 3. The van der Waals surface area contributed by atoms with Crippen LogP contribution in [-0.4, -0.2) is 45.0 Å². The highest BCUT2D eigenvalue weighted by atomic mass is 16.5. The number of aromatic nitrogens is 3. The monoisotopic (exact) mass is 302 g/mol. The van der Waals surface area contributed by atoms with Crippen LogP contribution in [0.15, 0.2) is 16.7 Å². The second-order valence-electron chi connectivity index (χ2n) is 5.95. The Hall–Kier alpha value is -2.15. The van der Waals surface area contributed by atoms with E-state index in [1.165, 1.54) is 0 Å². The van der Waals surface area contributed by atoms with Crippen molar-refractivity contribution in [2.24, 2.45) is 0 Å². The molecule has 0 aromatic carbocycles. The molecule has 0 saturated carbocycles. The van der Waals surface area contributed by atoms with Crippen LogP contribution in [0, 0.1) is 13.8 Å². The van der Waals surface area contributed by atoms with Gasteiger partial charge in [-0.2, -0.15) is 0 Å². The maximum atomic E-state index is 12.7. The van der Waals surface area contributed by atoms with Gasteiger partial charge in [0.1, 0.15) is 11.5 Å². The van der Waals surface area contributed by atoms with Gasteiger partial charge < -0.3 is 14.1 Å². The van der Waals surface area contributed by atoms with Gasteiger partial charge in [-0.1, -0.05) is 5.21 Å². The molecule has 0 spiro atoms. The lowest BCUT2D eigenvalue weighted by Crippen LogP contribution is -2.49. The molecular weight excluding hydrogens is 284 g/mol. The van der Waals surface area contributed by atoms with Crippen LogP contribution < -0.4 is 0 Å². The fourth-order valence-corrected chi connectivity index (χ4v) is 3.38. The van der Waals surface area contributed by atoms with Crippen molar-refractivity contribution in [3.63, 3.8) is 0 Å². The average molecular weight is 302 g/mol. The molecule has 0 aliphatic carbocycles. The van der Waals surface area contributed by atoms with Gasteiger partial charge in [-0.25, -0.2) is 4.68 Å². The summed E-state index contributed by atoms with van der Waals surface area (Å²) in [6, 6.07) is 1.85. The normalized spacial score (nSPS) is 24.0. The molecule has 7 nitrogen and oxygen atoms in total. The molecule has 2 aliphatic rings. The van der Waals surface area contributed by atoms with E-state index in [1.807, 2.05) is 29.5 Å². The van der Waals surface area contributed by atoms with Crippen LogP contribution in [0.3, 0.4) is 0 Å². The predicted octanol–water partition coefficient (Wildman–Crippen LogP) is 1.47. The van der Waals surface area contributed by atoms with Crippen LogP contribution in [0.4, 0.5) is 0 Å². The Kier molecular flexibility index (Phi) is 3.04. The lowest BCUT2D eigenvalue weighted by molar-refractivity contribution is -0.0605. The van der Waals surface area contributed by atoms with Crippen molar-refractivity contribution in [3.05, 3.63) is 35.0 Å². The third-order valence-electron chi connectivity index (χ3n) is 4.49. The van der Waals surface area contributed by atoms with E-state index in [0.29, 0.717) is 31.0 Å². The molecule has 0 radical (unpaired) electrons. The minimum Gasteiger partial charge on any atom is -0.466 e. The number of hydrogen-bond acceptors (Lipinski definition) is 5. The van der Waals surface area contributed by atoms with Gasteiger partial charge in [0.2, 0.25) is 0 Å². The molecule has 1 saturated heterocycles. The van der Waals surface area contributed by atoms with Gasteiger partial charge in [0.15, 0.2) is 0 Å². The van der Waals surface area contributed by atoms with Gasteiger partial charge in [-0.15, -0.1) is 5.10 Å². The van der Waals surface area contributed by atoms with Gasteiger partial charge in [0.05, 0.1) is 36.2 Å². The van der Waals surface area contributed by atoms with Gasteiger partial charge in [0, 0.05) is 13.1 Å². The van der Waals surface area contributed by atoms with Crippen LogP contribution in [0.5, 0.6) is 0 Å².